The number of hydrogen-bond donors (Lipinski definition) is 1. The quantitative estimate of drug-likeness (QED) is 0.943. The molecule has 2 aromatic rings. The number of carbonyl (C=O) groups excluding carboxylic acids is 2. The van der Waals surface area contributed by atoms with Gasteiger partial charge < -0.3 is 15.1 Å². The highest BCUT2D eigenvalue weighted by molar-refractivity contribution is 6.04. The zero-order chi connectivity index (χ0) is 16.9. The van der Waals surface area contributed by atoms with Crippen LogP contribution >= 0.6 is 0 Å². The topological polar surface area (TPSA) is 52.6 Å². The molecule has 1 saturated heterocycles. The van der Waals surface area contributed by atoms with E-state index in [9.17, 15) is 9.59 Å². The summed E-state index contributed by atoms with van der Waals surface area (Å²) in [6, 6.07) is 16.1. The van der Waals surface area contributed by atoms with Crippen LogP contribution in [0.15, 0.2) is 54.6 Å². The largest absolute Gasteiger partial charge is 0.336 e. The van der Waals surface area contributed by atoms with E-state index in [1.807, 2.05) is 23.1 Å². The second-order valence-corrected chi connectivity index (χ2v) is 5.99. The van der Waals surface area contributed by atoms with Crippen LogP contribution in [0.25, 0.3) is 0 Å². The van der Waals surface area contributed by atoms with Crippen molar-refractivity contribution in [2.45, 2.75) is 0 Å². The van der Waals surface area contributed by atoms with Crippen molar-refractivity contribution in [3.63, 3.8) is 0 Å². The van der Waals surface area contributed by atoms with Gasteiger partial charge in [-0.3, -0.25) is 9.59 Å². The summed E-state index contributed by atoms with van der Waals surface area (Å²) in [6.45, 7) is 3.30. The number of anilines is 1. The number of nitrogens with one attached hydrogen (secondary N) is 1. The molecule has 1 fully saturated rings. The van der Waals surface area contributed by atoms with Gasteiger partial charge in [0.2, 0.25) is 0 Å². The lowest BCUT2D eigenvalue weighted by Gasteiger charge is -2.32. The van der Waals surface area contributed by atoms with Gasteiger partial charge in [-0.25, -0.2) is 0 Å². The van der Waals surface area contributed by atoms with Crippen LogP contribution in [0.2, 0.25) is 0 Å². The van der Waals surface area contributed by atoms with Gasteiger partial charge in [-0.15, -0.1) is 0 Å². The Kier molecular flexibility index (Phi) is 4.91. The number of likely N-dealkylation sites (N-methyl/N-ethyl adjacent to an activating group) is 1. The maximum atomic E-state index is 12.5. The predicted molar refractivity (Wildman–Crippen MR) is 94.2 cm³/mol. The van der Waals surface area contributed by atoms with Gasteiger partial charge in [-0.1, -0.05) is 18.2 Å². The first kappa shape index (κ1) is 16.2. The smallest absolute Gasteiger partial charge is 0.255 e. The molecule has 0 atom stereocenters. The van der Waals surface area contributed by atoms with Gasteiger partial charge in [0.25, 0.3) is 11.8 Å². The van der Waals surface area contributed by atoms with E-state index in [4.69, 9.17) is 0 Å². The fourth-order valence-corrected chi connectivity index (χ4v) is 2.68. The average molecular weight is 323 g/mol. The van der Waals surface area contributed by atoms with E-state index in [-0.39, 0.29) is 11.8 Å². The molecule has 2 amide bonds. The highest BCUT2D eigenvalue weighted by Crippen LogP contribution is 2.14. The van der Waals surface area contributed by atoms with Gasteiger partial charge in [-0.05, 0) is 43.4 Å². The average Bonchev–Trinajstić information content (AvgIpc) is 2.63. The molecule has 0 aliphatic carbocycles. The molecule has 1 N–H and O–H groups in total. The van der Waals surface area contributed by atoms with Crippen molar-refractivity contribution in [2.75, 3.05) is 38.5 Å². The molecule has 0 aromatic heterocycles. The van der Waals surface area contributed by atoms with E-state index in [0.29, 0.717) is 16.8 Å². The Hall–Kier alpha value is -2.66. The van der Waals surface area contributed by atoms with Crippen LogP contribution in [0.3, 0.4) is 0 Å². The molecule has 0 unspecified atom stereocenters. The maximum absolute atomic E-state index is 12.5. The zero-order valence-corrected chi connectivity index (χ0v) is 13.7. The number of carbonyl (C=O) groups is 2. The minimum absolute atomic E-state index is 0.0454. The first-order chi connectivity index (χ1) is 11.6. The number of rotatable bonds is 3. The summed E-state index contributed by atoms with van der Waals surface area (Å²) in [6.07, 6.45) is 0. The Labute approximate surface area is 141 Å². The first-order valence-electron chi connectivity index (χ1n) is 8.08. The van der Waals surface area contributed by atoms with Crippen molar-refractivity contribution >= 4 is 17.5 Å². The number of hydrogen-bond acceptors (Lipinski definition) is 3. The fraction of sp³-hybridized carbons (Fsp3) is 0.263. The first-order valence-corrected chi connectivity index (χ1v) is 8.08. The fourth-order valence-electron chi connectivity index (χ4n) is 2.68. The van der Waals surface area contributed by atoms with Crippen LogP contribution in [0.1, 0.15) is 20.7 Å². The lowest BCUT2D eigenvalue weighted by atomic mass is 10.1. The maximum Gasteiger partial charge on any atom is 0.255 e. The summed E-state index contributed by atoms with van der Waals surface area (Å²) in [4.78, 5) is 28.7. The van der Waals surface area contributed by atoms with Crippen LogP contribution in [-0.4, -0.2) is 54.8 Å². The molecular weight excluding hydrogens is 302 g/mol. The second-order valence-electron chi connectivity index (χ2n) is 5.99. The Balaban J connectivity index is 1.63. The molecule has 124 valence electrons. The summed E-state index contributed by atoms with van der Waals surface area (Å²) in [5.74, 6) is -0.113. The third-order valence-corrected chi connectivity index (χ3v) is 4.22. The molecule has 2 aromatic carbocycles. The van der Waals surface area contributed by atoms with Crippen LogP contribution in [0.5, 0.6) is 0 Å². The lowest BCUT2D eigenvalue weighted by Crippen LogP contribution is -2.47. The summed E-state index contributed by atoms with van der Waals surface area (Å²) < 4.78 is 0. The van der Waals surface area contributed by atoms with E-state index >= 15 is 0 Å². The molecular formula is C19H21N3O2. The van der Waals surface area contributed by atoms with Crippen molar-refractivity contribution in [2.24, 2.45) is 0 Å². The Morgan fingerprint density at radius 2 is 1.46 bits per heavy atom. The summed E-state index contributed by atoms with van der Waals surface area (Å²) >= 11 is 0. The minimum Gasteiger partial charge on any atom is -0.336 e. The molecule has 1 aliphatic rings. The number of amides is 2. The van der Waals surface area contributed by atoms with E-state index in [1.54, 1.807) is 36.4 Å². The van der Waals surface area contributed by atoms with Gasteiger partial charge >= 0.3 is 0 Å². The SMILES string of the molecule is CN1CCN(C(=O)c2ccc(NC(=O)c3ccccc3)cc2)CC1. The van der Waals surface area contributed by atoms with E-state index < -0.39 is 0 Å². The standard InChI is InChI=1S/C19H21N3O2/c1-21-11-13-22(14-12-21)19(24)16-7-9-17(10-8-16)20-18(23)15-5-3-2-4-6-15/h2-10H,11-14H2,1H3,(H,20,23). The predicted octanol–water partition coefficient (Wildman–Crippen LogP) is 2.33. The van der Waals surface area contributed by atoms with Crippen molar-refractivity contribution in [3.05, 3.63) is 65.7 Å². The molecule has 0 spiro atoms. The van der Waals surface area contributed by atoms with E-state index in [0.717, 1.165) is 26.2 Å². The van der Waals surface area contributed by atoms with Gasteiger partial charge in [0.05, 0.1) is 0 Å². The van der Waals surface area contributed by atoms with Crippen LogP contribution in [0, 0.1) is 0 Å². The summed E-state index contributed by atoms with van der Waals surface area (Å²) in [5.41, 5.74) is 1.94. The van der Waals surface area contributed by atoms with Crippen molar-refractivity contribution in [1.29, 1.82) is 0 Å². The Morgan fingerprint density at radius 1 is 0.833 bits per heavy atom. The van der Waals surface area contributed by atoms with Crippen LogP contribution in [-0.2, 0) is 0 Å². The van der Waals surface area contributed by atoms with Crippen LogP contribution in [0.4, 0.5) is 5.69 Å². The Bertz CT molecular complexity index is 705. The minimum atomic E-state index is -0.159. The van der Waals surface area contributed by atoms with Gasteiger partial charge in [0.1, 0.15) is 0 Å². The lowest BCUT2D eigenvalue weighted by molar-refractivity contribution is 0.0664. The molecule has 24 heavy (non-hydrogen) atoms. The zero-order valence-electron chi connectivity index (χ0n) is 13.7. The van der Waals surface area contributed by atoms with Crippen molar-refractivity contribution in [1.82, 2.24) is 9.80 Å². The molecule has 1 aliphatic heterocycles. The molecule has 0 saturated carbocycles. The third-order valence-electron chi connectivity index (χ3n) is 4.22. The number of nitrogens with zero attached hydrogens (tertiary/aromatic N) is 2. The molecule has 3 rings (SSSR count). The van der Waals surface area contributed by atoms with Gasteiger partial charge in [-0.2, -0.15) is 0 Å². The van der Waals surface area contributed by atoms with Gasteiger partial charge in [0, 0.05) is 43.0 Å². The number of piperazine rings is 1. The third kappa shape index (κ3) is 3.81. The Morgan fingerprint density at radius 3 is 2.08 bits per heavy atom. The highest BCUT2D eigenvalue weighted by Gasteiger charge is 2.20. The van der Waals surface area contributed by atoms with E-state index in [2.05, 4.69) is 17.3 Å². The molecule has 0 bridgehead atoms. The monoisotopic (exact) mass is 323 g/mol. The van der Waals surface area contributed by atoms with Crippen LogP contribution < -0.4 is 5.32 Å². The highest BCUT2D eigenvalue weighted by atomic mass is 16.2. The summed E-state index contributed by atoms with van der Waals surface area (Å²) in [7, 11) is 2.06. The second kappa shape index (κ2) is 7.27. The molecule has 0 radical (unpaired) electrons. The normalized spacial score (nSPS) is 15.1. The summed E-state index contributed by atoms with van der Waals surface area (Å²) in [5, 5.41) is 2.84. The van der Waals surface area contributed by atoms with Crippen molar-refractivity contribution < 1.29 is 9.59 Å². The molecule has 1 heterocycles. The number of benzene rings is 2. The molecule has 5 heteroatoms. The van der Waals surface area contributed by atoms with E-state index in [1.165, 1.54) is 0 Å². The van der Waals surface area contributed by atoms with Crippen molar-refractivity contribution in [3.8, 4) is 0 Å². The molecule has 5 nitrogen and oxygen atoms in total. The van der Waals surface area contributed by atoms with Gasteiger partial charge in [0.15, 0.2) is 0 Å².